The Kier molecular flexibility index (Phi) is 5.87. The molecule has 1 aliphatic heterocycles. The minimum Gasteiger partial charge on any atom is -0.426 e. The Bertz CT molecular complexity index is 1100. The molecule has 1 saturated heterocycles. The largest absolute Gasteiger partial charge is 0.426 e. The first-order valence-corrected chi connectivity index (χ1v) is 11.7. The maximum absolute atomic E-state index is 12.9. The smallest absolute Gasteiger partial charge is 0.314 e. The van der Waals surface area contributed by atoms with Crippen molar-refractivity contribution in [1.82, 2.24) is 9.80 Å². The molecule has 2 aromatic carbocycles. The summed E-state index contributed by atoms with van der Waals surface area (Å²) < 4.78 is 5.47. The topological polar surface area (TPSA) is 107 Å². The van der Waals surface area contributed by atoms with Gasteiger partial charge < -0.3 is 24.7 Å². The van der Waals surface area contributed by atoms with Crippen LogP contribution in [0.1, 0.15) is 36.0 Å². The molecule has 8 heteroatoms. The highest BCUT2D eigenvalue weighted by molar-refractivity contribution is 5.95. The molecule has 3 aliphatic rings. The molecule has 34 heavy (non-hydrogen) atoms. The number of hydrogen-bond acceptors (Lipinski definition) is 6. The van der Waals surface area contributed by atoms with Gasteiger partial charge in [-0.2, -0.15) is 0 Å². The molecular formula is C26H28N2O6. The molecular weight excluding hydrogens is 436 g/mol. The predicted molar refractivity (Wildman–Crippen MR) is 123 cm³/mol. The Labute approximate surface area is 197 Å². The Morgan fingerprint density at radius 2 is 1.53 bits per heavy atom. The van der Waals surface area contributed by atoms with Gasteiger partial charge in [-0.15, -0.1) is 0 Å². The van der Waals surface area contributed by atoms with Gasteiger partial charge in [0, 0.05) is 31.7 Å². The highest BCUT2D eigenvalue weighted by atomic mass is 16.5. The number of hydrogen-bond donors (Lipinski definition) is 2. The number of aliphatic hydroxyl groups excluding tert-OH is 1. The number of carbonyl (C=O) groups is 3. The van der Waals surface area contributed by atoms with Gasteiger partial charge in [0.25, 0.3) is 11.8 Å². The average molecular weight is 465 g/mol. The fourth-order valence-electron chi connectivity index (χ4n) is 4.45. The number of rotatable bonds is 5. The van der Waals surface area contributed by atoms with Gasteiger partial charge in [-0.1, -0.05) is 24.3 Å². The van der Waals surface area contributed by atoms with Crippen molar-refractivity contribution in [3.63, 3.8) is 0 Å². The molecule has 3 fully saturated rings. The van der Waals surface area contributed by atoms with E-state index in [2.05, 4.69) is 0 Å². The van der Waals surface area contributed by atoms with Gasteiger partial charge in [0.15, 0.2) is 0 Å². The van der Waals surface area contributed by atoms with Crippen molar-refractivity contribution >= 4 is 17.8 Å². The number of aliphatic hydroxyl groups is 2. The van der Waals surface area contributed by atoms with Gasteiger partial charge in [0.2, 0.25) is 0 Å². The molecule has 0 spiro atoms. The SMILES string of the molecule is O=C(Oc1cccc(-c2ccc(C(=O)N3CCN(C(=O)C4(O)CC4)CC3)cc2)c1)C1CC(O)C1. The molecule has 0 bridgehead atoms. The summed E-state index contributed by atoms with van der Waals surface area (Å²) in [5.74, 6) is -0.428. The van der Waals surface area contributed by atoms with E-state index in [-0.39, 0.29) is 23.7 Å². The lowest BCUT2D eigenvalue weighted by Gasteiger charge is -2.35. The van der Waals surface area contributed by atoms with E-state index in [9.17, 15) is 24.6 Å². The molecule has 8 nitrogen and oxygen atoms in total. The molecule has 2 amide bonds. The van der Waals surface area contributed by atoms with Crippen LogP contribution in [0.15, 0.2) is 48.5 Å². The van der Waals surface area contributed by atoms with E-state index in [1.807, 2.05) is 24.3 Å². The van der Waals surface area contributed by atoms with Gasteiger partial charge >= 0.3 is 5.97 Å². The van der Waals surface area contributed by atoms with Crippen molar-refractivity contribution < 1.29 is 29.3 Å². The van der Waals surface area contributed by atoms with Crippen LogP contribution in [0, 0.1) is 5.92 Å². The maximum atomic E-state index is 12.9. The van der Waals surface area contributed by atoms with E-state index < -0.39 is 11.7 Å². The number of nitrogens with zero attached hydrogens (tertiary/aromatic N) is 2. The number of esters is 1. The standard InChI is InChI=1S/C26H28N2O6/c29-21-14-20(15-21)24(31)34-22-3-1-2-19(16-22)17-4-6-18(7-5-17)23(30)27-10-12-28(13-11-27)25(32)26(33)8-9-26/h1-7,16,20-21,29,33H,8-15H2. The summed E-state index contributed by atoms with van der Waals surface area (Å²) in [7, 11) is 0. The first-order chi connectivity index (χ1) is 16.3. The van der Waals surface area contributed by atoms with E-state index in [0.717, 1.165) is 11.1 Å². The number of benzene rings is 2. The second-order valence-electron chi connectivity index (χ2n) is 9.46. The van der Waals surface area contributed by atoms with Gasteiger partial charge in [-0.25, -0.2) is 0 Å². The Morgan fingerprint density at radius 3 is 2.15 bits per heavy atom. The third kappa shape index (κ3) is 4.56. The Balaban J connectivity index is 1.19. The second-order valence-corrected chi connectivity index (χ2v) is 9.46. The van der Waals surface area contributed by atoms with E-state index >= 15 is 0 Å². The molecule has 2 N–H and O–H groups in total. The van der Waals surface area contributed by atoms with Crippen molar-refractivity contribution in [2.24, 2.45) is 5.92 Å². The molecule has 0 radical (unpaired) electrons. The van der Waals surface area contributed by atoms with Gasteiger partial charge in [0.05, 0.1) is 12.0 Å². The van der Waals surface area contributed by atoms with Crippen LogP contribution >= 0.6 is 0 Å². The molecule has 2 aromatic rings. The third-order valence-electron chi connectivity index (χ3n) is 6.94. The summed E-state index contributed by atoms with van der Waals surface area (Å²) in [5.41, 5.74) is 1.15. The fraction of sp³-hybridized carbons (Fsp3) is 0.423. The Morgan fingerprint density at radius 1 is 0.882 bits per heavy atom. The van der Waals surface area contributed by atoms with Gasteiger partial charge in [0.1, 0.15) is 11.4 Å². The summed E-state index contributed by atoms with van der Waals surface area (Å²) in [6.45, 7) is 1.73. The minimum atomic E-state index is -1.17. The van der Waals surface area contributed by atoms with E-state index in [1.165, 1.54) is 0 Å². The average Bonchev–Trinajstić information content (AvgIpc) is 3.60. The summed E-state index contributed by atoms with van der Waals surface area (Å²) in [6.07, 6.45) is 1.52. The zero-order valence-electron chi connectivity index (χ0n) is 18.9. The first kappa shape index (κ1) is 22.6. The van der Waals surface area contributed by atoms with Crippen molar-refractivity contribution in [3.05, 3.63) is 54.1 Å². The van der Waals surface area contributed by atoms with Gasteiger partial charge in [-0.3, -0.25) is 14.4 Å². The minimum absolute atomic E-state index is 0.0888. The summed E-state index contributed by atoms with van der Waals surface area (Å²) in [4.78, 5) is 40.7. The van der Waals surface area contributed by atoms with Crippen LogP contribution in [0.3, 0.4) is 0 Å². The molecule has 0 aromatic heterocycles. The second kappa shape index (κ2) is 8.85. The lowest BCUT2D eigenvalue weighted by Crippen LogP contribution is -2.53. The van der Waals surface area contributed by atoms with E-state index in [4.69, 9.17) is 4.74 Å². The van der Waals surface area contributed by atoms with E-state index in [1.54, 1.807) is 34.1 Å². The van der Waals surface area contributed by atoms with Crippen molar-refractivity contribution in [1.29, 1.82) is 0 Å². The van der Waals surface area contributed by atoms with Gasteiger partial charge in [-0.05, 0) is 61.1 Å². The highest BCUT2D eigenvalue weighted by Gasteiger charge is 2.50. The number of amides is 2. The van der Waals surface area contributed by atoms with Crippen LogP contribution in [-0.4, -0.2) is 75.7 Å². The molecule has 0 unspecified atom stereocenters. The molecule has 1 heterocycles. The first-order valence-electron chi connectivity index (χ1n) is 11.7. The van der Waals surface area contributed by atoms with Crippen LogP contribution < -0.4 is 4.74 Å². The van der Waals surface area contributed by atoms with Crippen molar-refractivity contribution in [2.45, 2.75) is 37.4 Å². The van der Waals surface area contributed by atoms with Crippen molar-refractivity contribution in [2.75, 3.05) is 26.2 Å². The third-order valence-corrected chi connectivity index (χ3v) is 6.94. The van der Waals surface area contributed by atoms with E-state index in [0.29, 0.717) is 63.2 Å². The number of carbonyl (C=O) groups excluding carboxylic acids is 3. The van der Waals surface area contributed by atoms with Crippen LogP contribution in [-0.2, 0) is 9.59 Å². The normalized spacial score (nSPS) is 23.1. The number of ether oxygens (including phenoxy) is 1. The summed E-state index contributed by atoms with van der Waals surface area (Å²) >= 11 is 0. The van der Waals surface area contributed by atoms with Crippen LogP contribution in [0.4, 0.5) is 0 Å². The van der Waals surface area contributed by atoms with Crippen LogP contribution in [0.25, 0.3) is 11.1 Å². The highest BCUT2D eigenvalue weighted by Crippen LogP contribution is 2.37. The molecule has 5 rings (SSSR count). The molecule has 2 saturated carbocycles. The number of piperazine rings is 1. The van der Waals surface area contributed by atoms with Crippen LogP contribution in [0.5, 0.6) is 5.75 Å². The maximum Gasteiger partial charge on any atom is 0.314 e. The lowest BCUT2D eigenvalue weighted by atomic mass is 9.83. The molecule has 2 aliphatic carbocycles. The van der Waals surface area contributed by atoms with Crippen LogP contribution in [0.2, 0.25) is 0 Å². The zero-order chi connectivity index (χ0) is 23.9. The lowest BCUT2D eigenvalue weighted by molar-refractivity contribution is -0.146. The quantitative estimate of drug-likeness (QED) is 0.517. The predicted octanol–water partition coefficient (Wildman–Crippen LogP) is 1.84. The summed E-state index contributed by atoms with van der Waals surface area (Å²) in [6, 6.07) is 14.5. The summed E-state index contributed by atoms with van der Waals surface area (Å²) in [5, 5.41) is 19.4. The monoisotopic (exact) mass is 464 g/mol. The Hall–Kier alpha value is -3.23. The molecule has 178 valence electrons. The van der Waals surface area contributed by atoms with Crippen molar-refractivity contribution in [3.8, 4) is 16.9 Å². The fourth-order valence-corrected chi connectivity index (χ4v) is 4.45. The molecule has 0 atom stereocenters. The zero-order valence-corrected chi connectivity index (χ0v) is 18.9.